The number of carbonyl (C=O) groups is 1. The molecule has 24 heavy (non-hydrogen) atoms. The summed E-state index contributed by atoms with van der Waals surface area (Å²) >= 11 is 0. The molecule has 0 spiro atoms. The third-order valence-corrected chi connectivity index (χ3v) is 3.62. The molecule has 0 saturated carbocycles. The van der Waals surface area contributed by atoms with E-state index in [1.165, 1.54) is 0 Å². The van der Waals surface area contributed by atoms with E-state index in [4.69, 9.17) is 9.52 Å². The second-order valence-electron chi connectivity index (χ2n) is 5.50. The van der Waals surface area contributed by atoms with Gasteiger partial charge in [-0.1, -0.05) is 42.5 Å². The number of nitrogens with zero attached hydrogens (tertiary/aromatic N) is 1. The fourth-order valence-electron chi connectivity index (χ4n) is 2.35. The van der Waals surface area contributed by atoms with Gasteiger partial charge in [-0.3, -0.25) is 4.79 Å². The van der Waals surface area contributed by atoms with Crippen molar-refractivity contribution in [1.29, 1.82) is 0 Å². The summed E-state index contributed by atoms with van der Waals surface area (Å²) in [5.74, 6) is 0.757. The van der Waals surface area contributed by atoms with Crippen LogP contribution in [-0.4, -0.2) is 28.6 Å². The van der Waals surface area contributed by atoms with Gasteiger partial charge in [-0.25, -0.2) is 4.98 Å². The molecule has 0 fully saturated rings. The number of hydrogen-bond acceptors (Lipinski definition) is 4. The van der Waals surface area contributed by atoms with Crippen LogP contribution in [-0.2, 0) is 0 Å². The van der Waals surface area contributed by atoms with E-state index in [1.54, 1.807) is 31.3 Å². The molecular weight excluding hydrogens is 304 g/mol. The molecule has 1 atom stereocenters. The molecule has 1 heterocycles. The first kappa shape index (κ1) is 16.0. The SMILES string of the molecule is CC(CO)NC(=O)c1ccccc1-c1ncc(-c2ccccc2)o1. The molecule has 5 heteroatoms. The van der Waals surface area contributed by atoms with E-state index in [9.17, 15) is 4.79 Å². The first-order chi connectivity index (χ1) is 11.7. The number of nitrogens with one attached hydrogen (secondary N) is 1. The van der Waals surface area contributed by atoms with Crippen molar-refractivity contribution in [3.63, 3.8) is 0 Å². The van der Waals surface area contributed by atoms with Gasteiger partial charge in [-0.15, -0.1) is 0 Å². The van der Waals surface area contributed by atoms with Crippen molar-refractivity contribution in [2.45, 2.75) is 13.0 Å². The van der Waals surface area contributed by atoms with Gasteiger partial charge in [-0.05, 0) is 19.1 Å². The second-order valence-corrected chi connectivity index (χ2v) is 5.50. The van der Waals surface area contributed by atoms with E-state index >= 15 is 0 Å². The van der Waals surface area contributed by atoms with E-state index < -0.39 is 0 Å². The number of amides is 1. The van der Waals surface area contributed by atoms with Gasteiger partial charge >= 0.3 is 0 Å². The number of aliphatic hydroxyl groups is 1. The van der Waals surface area contributed by atoms with Crippen LogP contribution in [0.25, 0.3) is 22.8 Å². The van der Waals surface area contributed by atoms with Crippen LogP contribution >= 0.6 is 0 Å². The van der Waals surface area contributed by atoms with Crippen molar-refractivity contribution in [3.05, 3.63) is 66.4 Å². The molecule has 122 valence electrons. The summed E-state index contributed by atoms with van der Waals surface area (Å²) in [6.07, 6.45) is 1.65. The molecule has 3 aromatic rings. The molecule has 0 saturated heterocycles. The smallest absolute Gasteiger partial charge is 0.252 e. The Hall–Kier alpha value is -2.92. The maximum Gasteiger partial charge on any atom is 0.252 e. The van der Waals surface area contributed by atoms with Crippen LogP contribution < -0.4 is 5.32 Å². The average Bonchev–Trinajstić information content (AvgIpc) is 3.12. The Morgan fingerprint density at radius 2 is 1.88 bits per heavy atom. The zero-order valence-electron chi connectivity index (χ0n) is 13.3. The zero-order valence-corrected chi connectivity index (χ0v) is 13.3. The minimum absolute atomic E-state index is 0.120. The van der Waals surface area contributed by atoms with Gasteiger partial charge in [0.2, 0.25) is 5.89 Å². The van der Waals surface area contributed by atoms with Gasteiger partial charge < -0.3 is 14.8 Å². The fraction of sp³-hybridized carbons (Fsp3) is 0.158. The Morgan fingerprint density at radius 3 is 2.62 bits per heavy atom. The van der Waals surface area contributed by atoms with Crippen molar-refractivity contribution < 1.29 is 14.3 Å². The molecule has 0 bridgehead atoms. The summed E-state index contributed by atoms with van der Waals surface area (Å²) in [5, 5.41) is 11.8. The fourth-order valence-corrected chi connectivity index (χ4v) is 2.35. The van der Waals surface area contributed by atoms with Crippen LogP contribution in [0, 0.1) is 0 Å². The number of aliphatic hydroxyl groups excluding tert-OH is 1. The van der Waals surface area contributed by atoms with Crippen molar-refractivity contribution in [3.8, 4) is 22.8 Å². The highest BCUT2D eigenvalue weighted by Gasteiger charge is 2.17. The molecule has 3 rings (SSSR count). The topological polar surface area (TPSA) is 75.4 Å². The van der Waals surface area contributed by atoms with Crippen LogP contribution in [0.2, 0.25) is 0 Å². The number of carbonyl (C=O) groups excluding carboxylic acids is 1. The predicted octanol–water partition coefficient (Wildman–Crippen LogP) is 3.12. The van der Waals surface area contributed by atoms with Crippen molar-refractivity contribution in [2.75, 3.05) is 6.61 Å². The maximum atomic E-state index is 12.4. The van der Waals surface area contributed by atoms with Crippen LogP contribution in [0.3, 0.4) is 0 Å². The zero-order chi connectivity index (χ0) is 16.9. The third kappa shape index (κ3) is 3.36. The maximum absolute atomic E-state index is 12.4. The highest BCUT2D eigenvalue weighted by molar-refractivity contribution is 6.00. The Kier molecular flexibility index (Phi) is 4.72. The molecule has 1 aromatic heterocycles. The molecule has 2 aromatic carbocycles. The molecule has 1 amide bonds. The highest BCUT2D eigenvalue weighted by Crippen LogP contribution is 2.28. The van der Waals surface area contributed by atoms with E-state index in [0.717, 1.165) is 5.56 Å². The summed E-state index contributed by atoms with van der Waals surface area (Å²) in [7, 11) is 0. The van der Waals surface area contributed by atoms with Crippen molar-refractivity contribution in [1.82, 2.24) is 10.3 Å². The van der Waals surface area contributed by atoms with Gasteiger partial charge in [0, 0.05) is 17.2 Å². The molecule has 0 aliphatic rings. The lowest BCUT2D eigenvalue weighted by atomic mass is 10.1. The minimum atomic E-state index is -0.324. The van der Waals surface area contributed by atoms with E-state index in [0.29, 0.717) is 22.8 Å². The lowest BCUT2D eigenvalue weighted by Gasteiger charge is -2.12. The second kappa shape index (κ2) is 7.10. The Labute approximate surface area is 140 Å². The Morgan fingerprint density at radius 1 is 1.17 bits per heavy atom. The van der Waals surface area contributed by atoms with Crippen LogP contribution in [0.1, 0.15) is 17.3 Å². The summed E-state index contributed by atoms with van der Waals surface area (Å²) in [4.78, 5) is 16.7. The Balaban J connectivity index is 1.93. The summed E-state index contributed by atoms with van der Waals surface area (Å²) < 4.78 is 5.84. The first-order valence-electron chi connectivity index (χ1n) is 7.71. The molecule has 0 aliphatic heterocycles. The minimum Gasteiger partial charge on any atom is -0.436 e. The van der Waals surface area contributed by atoms with E-state index in [-0.39, 0.29) is 18.6 Å². The lowest BCUT2D eigenvalue weighted by Crippen LogP contribution is -2.35. The Bertz CT molecular complexity index is 827. The lowest BCUT2D eigenvalue weighted by molar-refractivity contribution is 0.0922. The number of hydrogen-bond donors (Lipinski definition) is 2. The molecule has 1 unspecified atom stereocenters. The summed E-state index contributed by atoms with van der Waals surface area (Å²) in [6.45, 7) is 1.62. The average molecular weight is 322 g/mol. The molecule has 2 N–H and O–H groups in total. The van der Waals surface area contributed by atoms with Crippen molar-refractivity contribution >= 4 is 5.91 Å². The monoisotopic (exact) mass is 322 g/mol. The van der Waals surface area contributed by atoms with E-state index in [2.05, 4.69) is 10.3 Å². The largest absolute Gasteiger partial charge is 0.436 e. The van der Waals surface area contributed by atoms with Gasteiger partial charge in [0.05, 0.1) is 18.4 Å². The van der Waals surface area contributed by atoms with Crippen molar-refractivity contribution in [2.24, 2.45) is 0 Å². The third-order valence-electron chi connectivity index (χ3n) is 3.62. The van der Waals surface area contributed by atoms with Crippen LogP contribution in [0.15, 0.2) is 65.2 Å². The number of benzene rings is 2. The van der Waals surface area contributed by atoms with Crippen LogP contribution in [0.5, 0.6) is 0 Å². The van der Waals surface area contributed by atoms with Gasteiger partial charge in [0.25, 0.3) is 5.91 Å². The van der Waals surface area contributed by atoms with Gasteiger partial charge in [0.15, 0.2) is 5.76 Å². The first-order valence-corrected chi connectivity index (χ1v) is 7.71. The number of rotatable bonds is 5. The molecule has 0 aliphatic carbocycles. The molecule has 5 nitrogen and oxygen atoms in total. The normalized spacial score (nSPS) is 11.9. The standard InChI is InChI=1S/C19H18N2O3/c1-13(12-22)21-18(23)15-9-5-6-10-16(15)19-20-11-17(24-19)14-7-3-2-4-8-14/h2-11,13,22H,12H2,1H3,(H,21,23). The molecular formula is C19H18N2O3. The molecule has 0 radical (unpaired) electrons. The van der Waals surface area contributed by atoms with Gasteiger partial charge in [0.1, 0.15) is 0 Å². The van der Waals surface area contributed by atoms with Gasteiger partial charge in [-0.2, -0.15) is 0 Å². The van der Waals surface area contributed by atoms with E-state index in [1.807, 2.05) is 36.4 Å². The van der Waals surface area contributed by atoms with Crippen LogP contribution in [0.4, 0.5) is 0 Å². The number of aromatic nitrogens is 1. The summed E-state index contributed by atoms with van der Waals surface area (Å²) in [6, 6.07) is 16.4. The summed E-state index contributed by atoms with van der Waals surface area (Å²) in [5.41, 5.74) is 1.99. The predicted molar refractivity (Wildman–Crippen MR) is 91.4 cm³/mol. The highest BCUT2D eigenvalue weighted by atomic mass is 16.4. The quantitative estimate of drug-likeness (QED) is 0.757. The number of oxazole rings is 1.